The maximum absolute atomic E-state index is 13.9. The van der Waals surface area contributed by atoms with Crippen molar-refractivity contribution >= 4 is 21.6 Å². The molecular weight excluding hydrogens is 500 g/mol. The second-order valence-electron chi connectivity index (χ2n) is 9.04. The number of nitrogens with zero attached hydrogens (tertiary/aromatic N) is 1. The van der Waals surface area contributed by atoms with Crippen LogP contribution in [0.2, 0.25) is 0 Å². The molecule has 1 aliphatic heterocycles. The van der Waals surface area contributed by atoms with Gasteiger partial charge in [0.25, 0.3) is 15.9 Å². The molecule has 1 heterocycles. The number of carbonyl (C=O) groups excluding carboxylic acids is 1. The fourth-order valence-electron chi connectivity index (χ4n) is 4.23. The van der Waals surface area contributed by atoms with Gasteiger partial charge in [-0.3, -0.25) is 9.10 Å². The normalized spacial score (nSPS) is 14.5. The van der Waals surface area contributed by atoms with E-state index in [2.05, 4.69) is 5.32 Å². The highest BCUT2D eigenvalue weighted by atomic mass is 32.2. The zero-order valence-electron chi connectivity index (χ0n) is 20.9. The van der Waals surface area contributed by atoms with Gasteiger partial charge in [-0.2, -0.15) is 0 Å². The van der Waals surface area contributed by atoms with Crippen molar-refractivity contribution in [2.24, 2.45) is 0 Å². The third-order valence-electron chi connectivity index (χ3n) is 6.25. The quantitative estimate of drug-likeness (QED) is 0.349. The Hall–Kier alpha value is -4.30. The Morgan fingerprint density at radius 2 is 1.53 bits per heavy atom. The van der Waals surface area contributed by atoms with Gasteiger partial charge in [0, 0.05) is 0 Å². The van der Waals surface area contributed by atoms with Crippen LogP contribution in [0.4, 0.5) is 5.69 Å². The van der Waals surface area contributed by atoms with Crippen LogP contribution in [0.15, 0.2) is 108 Å². The lowest BCUT2D eigenvalue weighted by Gasteiger charge is -2.28. The summed E-state index contributed by atoms with van der Waals surface area (Å²) in [4.78, 5) is 13.5. The Balaban J connectivity index is 1.43. The summed E-state index contributed by atoms with van der Waals surface area (Å²) in [6.45, 7) is 2.46. The van der Waals surface area contributed by atoms with Gasteiger partial charge < -0.3 is 14.8 Å². The number of para-hydroxylation sites is 3. The molecule has 1 amide bonds. The van der Waals surface area contributed by atoms with Gasteiger partial charge in [-0.1, -0.05) is 72.3 Å². The molecule has 194 valence electrons. The van der Waals surface area contributed by atoms with Gasteiger partial charge in [-0.15, -0.1) is 0 Å². The SMILES string of the molecule is Cc1ccc(S(=O)(=O)N(Cc2ccccc2)c2ccccc2C(=O)NC[C@@H]2COc3ccccc3O2)cc1. The minimum absolute atomic E-state index is 0.0672. The van der Waals surface area contributed by atoms with Gasteiger partial charge in [0.05, 0.1) is 29.2 Å². The summed E-state index contributed by atoms with van der Waals surface area (Å²) in [6, 6.07) is 30.1. The molecule has 0 aromatic heterocycles. The van der Waals surface area contributed by atoms with E-state index in [0.717, 1.165) is 11.1 Å². The smallest absolute Gasteiger partial charge is 0.264 e. The van der Waals surface area contributed by atoms with Gasteiger partial charge in [0.1, 0.15) is 12.7 Å². The number of hydrogen-bond acceptors (Lipinski definition) is 5. The molecule has 0 spiro atoms. The van der Waals surface area contributed by atoms with Crippen LogP contribution in [-0.2, 0) is 16.6 Å². The maximum Gasteiger partial charge on any atom is 0.264 e. The van der Waals surface area contributed by atoms with Crippen molar-refractivity contribution in [2.45, 2.75) is 24.5 Å². The monoisotopic (exact) mass is 528 g/mol. The van der Waals surface area contributed by atoms with E-state index in [1.54, 1.807) is 48.5 Å². The number of fused-ring (bicyclic) bond motifs is 1. The summed E-state index contributed by atoms with van der Waals surface area (Å²) in [5, 5.41) is 2.89. The minimum atomic E-state index is -3.99. The Labute approximate surface area is 222 Å². The average molecular weight is 529 g/mol. The molecule has 8 heteroatoms. The van der Waals surface area contributed by atoms with Crippen LogP contribution in [0, 0.1) is 6.92 Å². The van der Waals surface area contributed by atoms with Crippen molar-refractivity contribution in [3.8, 4) is 11.5 Å². The standard InChI is InChI=1S/C30H28N2O5S/c1-22-15-17-25(18-16-22)38(34,35)32(20-23-9-3-2-4-10-23)27-12-6-5-11-26(27)30(33)31-19-24-21-36-28-13-7-8-14-29(28)37-24/h2-18,24H,19-21H2,1H3,(H,31,33)/t24-/m1/s1. The molecule has 0 bridgehead atoms. The van der Waals surface area contributed by atoms with E-state index in [4.69, 9.17) is 9.47 Å². The van der Waals surface area contributed by atoms with Crippen molar-refractivity contribution in [2.75, 3.05) is 17.5 Å². The molecule has 1 N–H and O–H groups in total. The molecular formula is C30H28N2O5S. The number of anilines is 1. The van der Waals surface area contributed by atoms with E-state index in [0.29, 0.717) is 23.8 Å². The van der Waals surface area contributed by atoms with Crippen LogP contribution in [-0.4, -0.2) is 33.6 Å². The number of sulfonamides is 1. The van der Waals surface area contributed by atoms with Crippen LogP contribution < -0.4 is 19.1 Å². The molecule has 0 fully saturated rings. The fourth-order valence-corrected chi connectivity index (χ4v) is 5.71. The molecule has 5 rings (SSSR count). The van der Waals surface area contributed by atoms with Crippen molar-refractivity contribution in [3.63, 3.8) is 0 Å². The Morgan fingerprint density at radius 1 is 0.868 bits per heavy atom. The molecule has 0 unspecified atom stereocenters. The summed E-state index contributed by atoms with van der Waals surface area (Å²) in [7, 11) is -3.99. The largest absolute Gasteiger partial charge is 0.486 e. The fraction of sp³-hybridized carbons (Fsp3) is 0.167. The third-order valence-corrected chi connectivity index (χ3v) is 8.03. The number of carbonyl (C=O) groups is 1. The van der Waals surface area contributed by atoms with E-state index >= 15 is 0 Å². The first-order valence-corrected chi connectivity index (χ1v) is 13.7. The van der Waals surface area contributed by atoms with Crippen molar-refractivity contribution in [3.05, 3.63) is 120 Å². The van der Waals surface area contributed by atoms with Gasteiger partial charge in [0.15, 0.2) is 11.5 Å². The van der Waals surface area contributed by atoms with Gasteiger partial charge >= 0.3 is 0 Å². The van der Waals surface area contributed by atoms with E-state index in [9.17, 15) is 13.2 Å². The summed E-state index contributed by atoms with van der Waals surface area (Å²) >= 11 is 0. The van der Waals surface area contributed by atoms with Crippen LogP contribution in [0.5, 0.6) is 11.5 Å². The molecule has 0 radical (unpaired) electrons. The van der Waals surface area contributed by atoms with E-state index in [-0.39, 0.29) is 29.7 Å². The first-order chi connectivity index (χ1) is 18.4. The topological polar surface area (TPSA) is 84.9 Å². The second-order valence-corrected chi connectivity index (χ2v) is 10.9. The lowest BCUT2D eigenvalue weighted by molar-refractivity contribution is 0.0789. The lowest BCUT2D eigenvalue weighted by Crippen LogP contribution is -2.41. The molecule has 1 atom stereocenters. The summed E-state index contributed by atoms with van der Waals surface area (Å²) in [5.41, 5.74) is 2.29. The first-order valence-electron chi connectivity index (χ1n) is 12.3. The Kier molecular flexibility index (Phi) is 7.33. The number of amides is 1. The van der Waals surface area contributed by atoms with Crippen LogP contribution >= 0.6 is 0 Å². The Morgan fingerprint density at radius 3 is 2.29 bits per heavy atom. The number of rotatable bonds is 8. The lowest BCUT2D eigenvalue weighted by atomic mass is 10.1. The number of hydrogen-bond donors (Lipinski definition) is 1. The van der Waals surface area contributed by atoms with E-state index in [1.807, 2.05) is 61.5 Å². The molecule has 1 aliphatic rings. The average Bonchev–Trinajstić information content (AvgIpc) is 2.95. The van der Waals surface area contributed by atoms with E-state index < -0.39 is 15.9 Å². The summed E-state index contributed by atoms with van der Waals surface area (Å²) in [5.74, 6) is 0.884. The van der Waals surface area contributed by atoms with Crippen LogP contribution in [0.25, 0.3) is 0 Å². The van der Waals surface area contributed by atoms with Gasteiger partial charge in [0.2, 0.25) is 0 Å². The molecule has 4 aromatic rings. The molecule has 0 saturated heterocycles. The molecule has 7 nitrogen and oxygen atoms in total. The van der Waals surface area contributed by atoms with E-state index in [1.165, 1.54) is 4.31 Å². The summed E-state index contributed by atoms with van der Waals surface area (Å²) in [6.07, 6.45) is -0.377. The number of nitrogens with one attached hydrogen (secondary N) is 1. The van der Waals surface area contributed by atoms with Gasteiger partial charge in [-0.25, -0.2) is 8.42 Å². The zero-order valence-corrected chi connectivity index (χ0v) is 21.7. The van der Waals surface area contributed by atoms with Crippen molar-refractivity contribution < 1.29 is 22.7 Å². The van der Waals surface area contributed by atoms with Crippen molar-refractivity contribution in [1.29, 1.82) is 0 Å². The second kappa shape index (κ2) is 11.0. The van der Waals surface area contributed by atoms with Gasteiger partial charge in [-0.05, 0) is 48.9 Å². The third kappa shape index (κ3) is 5.50. The van der Waals surface area contributed by atoms with Crippen molar-refractivity contribution in [1.82, 2.24) is 5.32 Å². The highest BCUT2D eigenvalue weighted by Crippen LogP contribution is 2.31. The highest BCUT2D eigenvalue weighted by Gasteiger charge is 2.29. The summed E-state index contributed by atoms with van der Waals surface area (Å²) < 4.78 is 40.8. The number of aryl methyl sites for hydroxylation is 1. The number of benzene rings is 4. The maximum atomic E-state index is 13.9. The zero-order chi connectivity index (χ0) is 26.5. The molecule has 0 aliphatic carbocycles. The Bertz CT molecular complexity index is 1520. The minimum Gasteiger partial charge on any atom is -0.486 e. The predicted octanol–water partition coefficient (Wildman–Crippen LogP) is 4.96. The molecule has 0 saturated carbocycles. The molecule has 4 aromatic carbocycles. The molecule has 38 heavy (non-hydrogen) atoms. The predicted molar refractivity (Wildman–Crippen MR) is 146 cm³/mol. The highest BCUT2D eigenvalue weighted by molar-refractivity contribution is 7.92. The van der Waals surface area contributed by atoms with Crippen LogP contribution in [0.1, 0.15) is 21.5 Å². The number of ether oxygens (including phenoxy) is 2. The van der Waals surface area contributed by atoms with Crippen LogP contribution in [0.3, 0.4) is 0 Å². The first kappa shape index (κ1) is 25.4.